The molecule has 3 rings (SSSR count). The molecule has 0 radical (unpaired) electrons. The second-order valence-corrected chi connectivity index (χ2v) is 6.37. The number of nitrogens with zero attached hydrogens (tertiary/aromatic N) is 1. The summed E-state index contributed by atoms with van der Waals surface area (Å²) in [5.41, 5.74) is 1.29. The number of thioether (sulfide) groups is 1. The van der Waals surface area contributed by atoms with Gasteiger partial charge in [0.2, 0.25) is 0 Å². The van der Waals surface area contributed by atoms with E-state index in [2.05, 4.69) is 5.32 Å². The number of carbonyl (C=O) groups excluding carboxylic acids is 2. The lowest BCUT2D eigenvalue weighted by Crippen LogP contribution is -2.33. The first kappa shape index (κ1) is 16.5. The van der Waals surface area contributed by atoms with Crippen molar-refractivity contribution in [2.45, 2.75) is 0 Å². The Morgan fingerprint density at radius 1 is 1.12 bits per heavy atom. The van der Waals surface area contributed by atoms with E-state index >= 15 is 0 Å². The molecule has 0 spiro atoms. The van der Waals surface area contributed by atoms with Gasteiger partial charge in [0.25, 0.3) is 11.1 Å². The molecule has 1 fully saturated rings. The number of rotatable bonds is 4. The van der Waals surface area contributed by atoms with Crippen molar-refractivity contribution < 1.29 is 14.0 Å². The first-order valence-electron chi connectivity index (χ1n) is 7.04. The summed E-state index contributed by atoms with van der Waals surface area (Å²) in [5.74, 6) is -0.742. The van der Waals surface area contributed by atoms with Gasteiger partial charge in [0, 0.05) is 10.7 Å². The number of carbonyl (C=O) groups is 2. The summed E-state index contributed by atoms with van der Waals surface area (Å²) in [4.78, 5) is 25.8. The summed E-state index contributed by atoms with van der Waals surface area (Å²) in [5, 5.41) is 3.06. The van der Waals surface area contributed by atoms with Crippen LogP contribution in [0.2, 0.25) is 5.02 Å². The molecule has 1 aliphatic rings. The van der Waals surface area contributed by atoms with E-state index in [0.29, 0.717) is 21.2 Å². The number of nitrogens with one attached hydrogen (secondary N) is 1. The molecule has 0 aliphatic carbocycles. The SMILES string of the molecule is O=C1SC(=Cc2ccccc2Cl)C(=O)N1CNc1ccc(F)cc1. The molecular formula is C17H12ClFN2O2S. The molecule has 0 unspecified atom stereocenters. The maximum absolute atomic E-state index is 12.9. The lowest BCUT2D eigenvalue weighted by Gasteiger charge is -2.14. The van der Waals surface area contributed by atoms with Crippen molar-refractivity contribution in [2.75, 3.05) is 12.0 Å². The molecular weight excluding hydrogens is 351 g/mol. The second kappa shape index (κ2) is 7.07. The van der Waals surface area contributed by atoms with E-state index in [9.17, 15) is 14.0 Å². The van der Waals surface area contributed by atoms with Crippen LogP contribution >= 0.6 is 23.4 Å². The summed E-state index contributed by atoms with van der Waals surface area (Å²) in [6.07, 6.45) is 1.60. The third-order valence-corrected chi connectivity index (χ3v) is 4.60. The van der Waals surface area contributed by atoms with Crippen LogP contribution in [-0.4, -0.2) is 22.7 Å². The summed E-state index contributed by atoms with van der Waals surface area (Å²) < 4.78 is 12.9. The van der Waals surface area contributed by atoms with Crippen molar-refractivity contribution in [1.82, 2.24) is 4.90 Å². The second-order valence-electron chi connectivity index (χ2n) is 4.97. The zero-order chi connectivity index (χ0) is 17.1. The lowest BCUT2D eigenvalue weighted by atomic mass is 10.2. The van der Waals surface area contributed by atoms with Gasteiger partial charge in [-0.15, -0.1) is 0 Å². The van der Waals surface area contributed by atoms with E-state index < -0.39 is 0 Å². The van der Waals surface area contributed by atoms with E-state index in [4.69, 9.17) is 11.6 Å². The van der Waals surface area contributed by atoms with Crippen molar-refractivity contribution in [3.63, 3.8) is 0 Å². The fourth-order valence-electron chi connectivity index (χ4n) is 2.11. The molecule has 1 N–H and O–H groups in total. The van der Waals surface area contributed by atoms with Crippen molar-refractivity contribution in [3.05, 3.63) is 69.8 Å². The minimum atomic E-state index is -0.389. The highest BCUT2D eigenvalue weighted by molar-refractivity contribution is 8.18. The molecule has 4 nitrogen and oxygen atoms in total. The monoisotopic (exact) mass is 362 g/mol. The Hall–Kier alpha value is -2.31. The highest BCUT2D eigenvalue weighted by Crippen LogP contribution is 2.33. The number of halogens is 2. The van der Waals surface area contributed by atoms with Gasteiger partial charge in [-0.1, -0.05) is 29.8 Å². The first-order valence-corrected chi connectivity index (χ1v) is 8.23. The number of hydrogen-bond acceptors (Lipinski definition) is 4. The number of benzene rings is 2. The Morgan fingerprint density at radius 3 is 2.54 bits per heavy atom. The molecule has 2 aromatic rings. The van der Waals surface area contributed by atoms with E-state index in [1.54, 1.807) is 30.3 Å². The predicted molar refractivity (Wildman–Crippen MR) is 94.2 cm³/mol. The molecule has 122 valence electrons. The van der Waals surface area contributed by atoms with Gasteiger partial charge in [-0.3, -0.25) is 14.5 Å². The molecule has 2 amide bonds. The fourth-order valence-corrected chi connectivity index (χ4v) is 3.13. The van der Waals surface area contributed by atoms with E-state index in [-0.39, 0.29) is 23.6 Å². The van der Waals surface area contributed by atoms with E-state index in [1.165, 1.54) is 24.3 Å². The molecule has 0 bridgehead atoms. The average Bonchev–Trinajstić information content (AvgIpc) is 2.83. The van der Waals surface area contributed by atoms with Gasteiger partial charge in [-0.05, 0) is 53.7 Å². The molecule has 0 atom stereocenters. The van der Waals surface area contributed by atoms with Gasteiger partial charge in [0.05, 0.1) is 11.6 Å². The standard InChI is InChI=1S/C17H12ClFN2O2S/c18-14-4-2-1-3-11(14)9-15-16(22)21(17(23)24-15)10-20-13-7-5-12(19)6-8-13/h1-9,20H,10H2. The van der Waals surface area contributed by atoms with Crippen molar-refractivity contribution >= 4 is 46.3 Å². The molecule has 1 aliphatic heterocycles. The van der Waals surface area contributed by atoms with Crippen LogP contribution < -0.4 is 5.32 Å². The fraction of sp³-hybridized carbons (Fsp3) is 0.0588. The van der Waals surface area contributed by atoms with Crippen molar-refractivity contribution in [2.24, 2.45) is 0 Å². The molecule has 1 saturated heterocycles. The van der Waals surface area contributed by atoms with Crippen LogP contribution in [0.1, 0.15) is 5.56 Å². The summed E-state index contributed by atoms with van der Waals surface area (Å²) in [6, 6.07) is 12.7. The number of imide groups is 1. The summed E-state index contributed by atoms with van der Waals surface area (Å²) in [7, 11) is 0. The topological polar surface area (TPSA) is 49.4 Å². The van der Waals surface area contributed by atoms with Gasteiger partial charge >= 0.3 is 0 Å². The smallest absolute Gasteiger partial charge is 0.295 e. The van der Waals surface area contributed by atoms with Crippen LogP contribution in [0.4, 0.5) is 14.9 Å². The largest absolute Gasteiger partial charge is 0.367 e. The lowest BCUT2D eigenvalue weighted by molar-refractivity contribution is -0.122. The Labute approximate surface area is 147 Å². The molecule has 2 aromatic carbocycles. The molecule has 0 aromatic heterocycles. The van der Waals surface area contributed by atoms with Crippen LogP contribution in [0.5, 0.6) is 0 Å². The van der Waals surface area contributed by atoms with Crippen LogP contribution in [0.15, 0.2) is 53.4 Å². The highest BCUT2D eigenvalue weighted by Gasteiger charge is 2.34. The maximum atomic E-state index is 12.9. The third-order valence-electron chi connectivity index (χ3n) is 3.35. The molecule has 24 heavy (non-hydrogen) atoms. The van der Waals surface area contributed by atoms with Crippen LogP contribution in [-0.2, 0) is 4.79 Å². The van der Waals surface area contributed by atoms with Gasteiger partial charge in [0.15, 0.2) is 0 Å². The summed E-state index contributed by atoms with van der Waals surface area (Å²) >= 11 is 6.93. The van der Waals surface area contributed by atoms with Crippen LogP contribution in [0.3, 0.4) is 0 Å². The van der Waals surface area contributed by atoms with Gasteiger partial charge < -0.3 is 5.32 Å². The van der Waals surface area contributed by atoms with Gasteiger partial charge in [-0.25, -0.2) is 4.39 Å². The zero-order valence-electron chi connectivity index (χ0n) is 12.3. The predicted octanol–water partition coefficient (Wildman–Crippen LogP) is 4.59. The van der Waals surface area contributed by atoms with Gasteiger partial charge in [-0.2, -0.15) is 0 Å². The molecule has 0 saturated carbocycles. The van der Waals surface area contributed by atoms with Crippen molar-refractivity contribution in [1.29, 1.82) is 0 Å². The Kier molecular flexibility index (Phi) is 4.87. The molecule has 1 heterocycles. The summed E-state index contributed by atoms with van der Waals surface area (Å²) in [6.45, 7) is 0.0101. The third kappa shape index (κ3) is 3.60. The quantitative estimate of drug-likeness (QED) is 0.808. The Bertz CT molecular complexity index is 824. The highest BCUT2D eigenvalue weighted by atomic mass is 35.5. The number of hydrogen-bond donors (Lipinski definition) is 1. The Balaban J connectivity index is 1.72. The maximum Gasteiger partial charge on any atom is 0.295 e. The average molecular weight is 363 g/mol. The number of anilines is 1. The zero-order valence-corrected chi connectivity index (χ0v) is 13.9. The Morgan fingerprint density at radius 2 is 1.83 bits per heavy atom. The minimum absolute atomic E-state index is 0.0101. The van der Waals surface area contributed by atoms with Crippen LogP contribution in [0, 0.1) is 5.82 Å². The molecule has 7 heteroatoms. The van der Waals surface area contributed by atoms with Crippen molar-refractivity contribution in [3.8, 4) is 0 Å². The van der Waals surface area contributed by atoms with E-state index in [0.717, 1.165) is 16.7 Å². The van der Waals surface area contributed by atoms with Crippen LogP contribution in [0.25, 0.3) is 6.08 Å². The van der Waals surface area contributed by atoms with E-state index in [1.807, 2.05) is 0 Å². The van der Waals surface area contributed by atoms with Gasteiger partial charge in [0.1, 0.15) is 5.82 Å². The normalized spacial score (nSPS) is 16.1. The first-order chi connectivity index (χ1) is 11.5. The number of amides is 2. The minimum Gasteiger partial charge on any atom is -0.367 e.